The summed E-state index contributed by atoms with van der Waals surface area (Å²) >= 11 is 0. The predicted molar refractivity (Wildman–Crippen MR) is 299 cm³/mol. The number of hydrogen-bond acceptors (Lipinski definition) is 1. The number of fused-ring (bicyclic) bond motifs is 6. The molecule has 0 aromatic heterocycles. The Labute approximate surface area is 420 Å². The maximum absolute atomic E-state index is 2.47. The van der Waals surface area contributed by atoms with Gasteiger partial charge in [0.25, 0.3) is 0 Å². The summed E-state index contributed by atoms with van der Waals surface area (Å²) in [6, 6.07) is 93.7. The van der Waals surface area contributed by atoms with Gasteiger partial charge >= 0.3 is 0 Å². The van der Waals surface area contributed by atoms with E-state index in [0.29, 0.717) is 0 Å². The minimum Gasteiger partial charge on any atom is -0.310 e. The molecule has 0 amide bonds. The SMILES string of the molecule is CC(C)(C)c1ccc(C2(c3ccccc3)c3ccccc3-c3cc(N(c4ccc(-c5ccccc5)cc4)c4ccc5c(c4)-c4ccccc4C5(c4ccccc4)c4ccc(C(C)(C)C)cc4)ccc32)cc1. The van der Waals surface area contributed by atoms with Crippen LogP contribution in [0.15, 0.2) is 249 Å². The highest BCUT2D eigenvalue weighted by Crippen LogP contribution is 2.59. The quantitative estimate of drug-likeness (QED) is 0.147. The van der Waals surface area contributed by atoms with Gasteiger partial charge in [-0.3, -0.25) is 0 Å². The zero-order valence-electron chi connectivity index (χ0n) is 41.6. The van der Waals surface area contributed by atoms with Crippen LogP contribution in [0.5, 0.6) is 0 Å². The molecule has 0 spiro atoms. The molecule has 2 aliphatic rings. The van der Waals surface area contributed by atoms with Crippen LogP contribution in [-0.4, -0.2) is 0 Å². The molecule has 10 aromatic carbocycles. The Bertz CT molecular complexity index is 3360. The molecule has 0 N–H and O–H groups in total. The molecule has 0 heterocycles. The Balaban J connectivity index is 1.08. The van der Waals surface area contributed by atoms with Crippen molar-refractivity contribution in [2.24, 2.45) is 0 Å². The molecule has 71 heavy (non-hydrogen) atoms. The molecule has 12 rings (SSSR count). The maximum atomic E-state index is 2.47. The summed E-state index contributed by atoms with van der Waals surface area (Å²) in [5.41, 5.74) is 22.8. The van der Waals surface area contributed by atoms with Gasteiger partial charge in [-0.1, -0.05) is 254 Å². The van der Waals surface area contributed by atoms with Gasteiger partial charge in [-0.25, -0.2) is 0 Å². The van der Waals surface area contributed by atoms with Gasteiger partial charge in [0.15, 0.2) is 0 Å². The summed E-state index contributed by atoms with van der Waals surface area (Å²) in [7, 11) is 0. The van der Waals surface area contributed by atoms with Gasteiger partial charge in [-0.05, 0) is 136 Å². The van der Waals surface area contributed by atoms with E-state index in [4.69, 9.17) is 0 Å². The van der Waals surface area contributed by atoms with Gasteiger partial charge in [0, 0.05) is 17.1 Å². The first kappa shape index (κ1) is 44.2. The predicted octanol–water partition coefficient (Wildman–Crippen LogP) is 18.1. The first-order valence-corrected chi connectivity index (χ1v) is 25.2. The van der Waals surface area contributed by atoms with Crippen LogP contribution in [0, 0.1) is 0 Å². The lowest BCUT2D eigenvalue weighted by Gasteiger charge is -2.35. The normalized spacial score (nSPS) is 16.7. The molecule has 344 valence electrons. The summed E-state index contributed by atoms with van der Waals surface area (Å²) in [6.07, 6.45) is 0. The molecule has 0 fully saturated rings. The van der Waals surface area contributed by atoms with Crippen LogP contribution in [0.25, 0.3) is 33.4 Å². The zero-order chi connectivity index (χ0) is 48.5. The highest BCUT2D eigenvalue weighted by Gasteiger charge is 2.48. The van der Waals surface area contributed by atoms with E-state index < -0.39 is 10.8 Å². The molecule has 0 aliphatic heterocycles. The third kappa shape index (κ3) is 7.04. The van der Waals surface area contributed by atoms with Crippen molar-refractivity contribution < 1.29 is 0 Å². The lowest BCUT2D eigenvalue weighted by atomic mass is 9.67. The number of nitrogens with zero attached hydrogens (tertiary/aromatic N) is 1. The Kier molecular flexibility index (Phi) is 10.5. The fourth-order valence-electron chi connectivity index (χ4n) is 12.1. The molecule has 2 aliphatic carbocycles. The molecule has 0 saturated heterocycles. The van der Waals surface area contributed by atoms with E-state index in [1.807, 2.05) is 0 Å². The van der Waals surface area contributed by atoms with Crippen LogP contribution in [0.4, 0.5) is 17.1 Å². The second-order valence-corrected chi connectivity index (χ2v) is 21.7. The summed E-state index contributed by atoms with van der Waals surface area (Å²) in [5, 5.41) is 0. The Morgan fingerprint density at radius 2 is 0.592 bits per heavy atom. The zero-order valence-corrected chi connectivity index (χ0v) is 41.6. The monoisotopic (exact) mass is 913 g/mol. The smallest absolute Gasteiger partial charge is 0.0713 e. The van der Waals surface area contributed by atoms with Crippen LogP contribution in [0.2, 0.25) is 0 Å². The van der Waals surface area contributed by atoms with Crippen LogP contribution in [-0.2, 0) is 21.7 Å². The highest BCUT2D eigenvalue weighted by molar-refractivity contribution is 5.93. The number of benzene rings is 10. The van der Waals surface area contributed by atoms with Crippen LogP contribution < -0.4 is 4.90 Å². The summed E-state index contributed by atoms with van der Waals surface area (Å²) in [4.78, 5) is 2.47. The Morgan fingerprint density at radius 3 is 1.00 bits per heavy atom. The molecule has 1 nitrogen and oxygen atoms in total. The minimum absolute atomic E-state index is 0.0436. The van der Waals surface area contributed by atoms with Gasteiger partial charge in [-0.15, -0.1) is 0 Å². The van der Waals surface area contributed by atoms with Crippen molar-refractivity contribution in [3.05, 3.63) is 304 Å². The summed E-state index contributed by atoms with van der Waals surface area (Å²) in [5.74, 6) is 0. The largest absolute Gasteiger partial charge is 0.310 e. The molecule has 1 heteroatoms. The molecular weight excluding hydrogens is 855 g/mol. The fraction of sp³-hybridized carbons (Fsp3) is 0.143. The molecule has 0 radical (unpaired) electrons. The van der Waals surface area contributed by atoms with Gasteiger partial charge in [0.2, 0.25) is 0 Å². The van der Waals surface area contributed by atoms with Gasteiger partial charge in [0.05, 0.1) is 10.8 Å². The van der Waals surface area contributed by atoms with Crippen molar-refractivity contribution in [3.8, 4) is 33.4 Å². The number of anilines is 3. The van der Waals surface area contributed by atoms with Crippen LogP contribution >= 0.6 is 0 Å². The van der Waals surface area contributed by atoms with Gasteiger partial charge in [-0.2, -0.15) is 0 Å². The third-order valence-electron chi connectivity index (χ3n) is 15.6. The third-order valence-corrected chi connectivity index (χ3v) is 15.6. The molecule has 10 aromatic rings. The van der Waals surface area contributed by atoms with E-state index in [0.717, 1.165) is 17.1 Å². The second-order valence-electron chi connectivity index (χ2n) is 21.7. The van der Waals surface area contributed by atoms with Crippen LogP contribution in [0.1, 0.15) is 97.2 Å². The molecular formula is C70H59N. The van der Waals surface area contributed by atoms with Crippen LogP contribution in [0.3, 0.4) is 0 Å². The number of hydrogen-bond donors (Lipinski definition) is 0. The first-order chi connectivity index (χ1) is 34.5. The molecule has 0 bridgehead atoms. The van der Waals surface area contributed by atoms with E-state index in [2.05, 4.69) is 295 Å². The average Bonchev–Trinajstić information content (AvgIpc) is 3.87. The fourth-order valence-corrected chi connectivity index (χ4v) is 12.1. The first-order valence-electron chi connectivity index (χ1n) is 25.2. The van der Waals surface area contributed by atoms with E-state index in [9.17, 15) is 0 Å². The van der Waals surface area contributed by atoms with Gasteiger partial charge in [0.1, 0.15) is 0 Å². The summed E-state index contributed by atoms with van der Waals surface area (Å²) < 4.78 is 0. The van der Waals surface area contributed by atoms with Gasteiger partial charge < -0.3 is 4.90 Å². The molecule has 2 atom stereocenters. The lowest BCUT2D eigenvalue weighted by molar-refractivity contribution is 0.589. The van der Waals surface area contributed by atoms with Crippen molar-refractivity contribution >= 4 is 17.1 Å². The van der Waals surface area contributed by atoms with Crippen molar-refractivity contribution in [1.29, 1.82) is 0 Å². The Morgan fingerprint density at radius 1 is 0.268 bits per heavy atom. The molecule has 2 unspecified atom stereocenters. The van der Waals surface area contributed by atoms with E-state index in [-0.39, 0.29) is 10.8 Å². The average molecular weight is 914 g/mol. The second kappa shape index (κ2) is 16.9. The standard InChI is InChI=1S/C70H59N/c1-67(2,3)50-32-36-54(37-33-50)69(52-22-12-8-13-23-52)63-28-18-16-26-59(63)61-46-57(42-44-65(61)69)71(56-40-30-49(31-41-56)48-20-10-7-11-21-48)58-43-45-66-62(47-58)60-27-17-19-29-64(60)70(66,53-24-14-9-15-25-53)55-38-34-51(35-39-55)68(4,5)6/h7-47H,1-6H3. The number of rotatable bonds is 8. The lowest BCUT2D eigenvalue weighted by Crippen LogP contribution is -2.29. The van der Waals surface area contributed by atoms with Crippen molar-refractivity contribution in [1.82, 2.24) is 0 Å². The van der Waals surface area contributed by atoms with Crippen molar-refractivity contribution in [3.63, 3.8) is 0 Å². The maximum Gasteiger partial charge on any atom is 0.0713 e. The summed E-state index contributed by atoms with van der Waals surface area (Å²) in [6.45, 7) is 13.8. The van der Waals surface area contributed by atoms with Crippen molar-refractivity contribution in [2.45, 2.75) is 63.2 Å². The van der Waals surface area contributed by atoms with Crippen molar-refractivity contribution in [2.75, 3.05) is 4.90 Å². The van der Waals surface area contributed by atoms with E-state index in [1.54, 1.807) is 0 Å². The van der Waals surface area contributed by atoms with E-state index >= 15 is 0 Å². The molecule has 0 saturated carbocycles. The topological polar surface area (TPSA) is 3.24 Å². The Hall–Kier alpha value is -8.00. The minimum atomic E-state index is -0.507. The highest BCUT2D eigenvalue weighted by atomic mass is 15.1. The van der Waals surface area contributed by atoms with E-state index in [1.165, 1.54) is 89.0 Å².